The lowest BCUT2D eigenvalue weighted by Gasteiger charge is -2.16. The number of hydrogen-bond acceptors (Lipinski definition) is 2. The van der Waals surface area contributed by atoms with Crippen molar-refractivity contribution < 1.29 is 9.90 Å². The molecule has 1 aliphatic rings. The lowest BCUT2D eigenvalue weighted by Crippen LogP contribution is -2.24. The topological polar surface area (TPSA) is 40.5 Å². The van der Waals surface area contributed by atoms with Gasteiger partial charge < -0.3 is 10.0 Å². The molecule has 1 atom stereocenters. The number of carbonyl (C=O) groups is 1. The van der Waals surface area contributed by atoms with Gasteiger partial charge in [0.05, 0.1) is 0 Å². The van der Waals surface area contributed by atoms with E-state index < -0.39 is 0 Å². The van der Waals surface area contributed by atoms with E-state index in [9.17, 15) is 4.79 Å². The molecule has 3 heteroatoms. The summed E-state index contributed by atoms with van der Waals surface area (Å²) >= 11 is 0. The van der Waals surface area contributed by atoms with E-state index in [0.717, 1.165) is 11.3 Å². The van der Waals surface area contributed by atoms with Gasteiger partial charge in [-0.15, -0.1) is 6.42 Å². The van der Waals surface area contributed by atoms with E-state index >= 15 is 0 Å². The average molecular weight is 215 g/mol. The summed E-state index contributed by atoms with van der Waals surface area (Å²) in [6.45, 7) is 0.625. The molecular weight excluding hydrogens is 202 g/mol. The van der Waals surface area contributed by atoms with Crippen molar-refractivity contribution in [1.82, 2.24) is 0 Å². The van der Waals surface area contributed by atoms with Crippen LogP contribution in [0.15, 0.2) is 24.3 Å². The van der Waals surface area contributed by atoms with Gasteiger partial charge in [0.1, 0.15) is 0 Å². The molecule has 1 heterocycles. The summed E-state index contributed by atoms with van der Waals surface area (Å²) in [6.07, 6.45) is 5.73. The normalized spacial score (nSPS) is 19.9. The number of rotatable bonds is 2. The molecule has 0 spiro atoms. The second-order valence-corrected chi connectivity index (χ2v) is 3.95. The Labute approximate surface area is 94.7 Å². The Morgan fingerprint density at radius 2 is 2.38 bits per heavy atom. The first kappa shape index (κ1) is 10.7. The second-order valence-electron chi connectivity index (χ2n) is 3.95. The molecule has 1 saturated heterocycles. The molecule has 2 rings (SSSR count). The molecule has 1 N–H and O–H groups in total. The number of terminal acetylenes is 1. The maximum atomic E-state index is 11.7. The van der Waals surface area contributed by atoms with E-state index in [0.29, 0.717) is 13.0 Å². The van der Waals surface area contributed by atoms with Crippen LogP contribution in [0.2, 0.25) is 0 Å². The minimum absolute atomic E-state index is 0.0435. The third-order valence-electron chi connectivity index (χ3n) is 2.79. The van der Waals surface area contributed by atoms with Crippen molar-refractivity contribution in [2.75, 3.05) is 18.1 Å². The quantitative estimate of drug-likeness (QED) is 0.748. The molecule has 3 nitrogen and oxygen atoms in total. The summed E-state index contributed by atoms with van der Waals surface area (Å²) < 4.78 is 0. The van der Waals surface area contributed by atoms with Crippen LogP contribution in [-0.2, 0) is 4.79 Å². The predicted octanol–water partition coefficient (Wildman–Crippen LogP) is 1.01. The van der Waals surface area contributed by atoms with Gasteiger partial charge in [0.25, 0.3) is 0 Å². The number of amides is 1. The highest BCUT2D eigenvalue weighted by Crippen LogP contribution is 2.25. The Morgan fingerprint density at radius 3 is 3.00 bits per heavy atom. The van der Waals surface area contributed by atoms with Crippen molar-refractivity contribution in [3.63, 3.8) is 0 Å². The van der Waals surface area contributed by atoms with Crippen LogP contribution in [0.1, 0.15) is 12.0 Å². The largest absolute Gasteiger partial charge is 0.396 e. The van der Waals surface area contributed by atoms with Crippen LogP contribution in [0.4, 0.5) is 5.69 Å². The lowest BCUT2D eigenvalue weighted by atomic mass is 10.1. The van der Waals surface area contributed by atoms with Gasteiger partial charge in [-0.3, -0.25) is 4.79 Å². The van der Waals surface area contributed by atoms with E-state index in [1.165, 1.54) is 0 Å². The fourth-order valence-corrected chi connectivity index (χ4v) is 1.92. The molecule has 1 unspecified atom stereocenters. The molecule has 0 aromatic heterocycles. The van der Waals surface area contributed by atoms with Crippen LogP contribution in [-0.4, -0.2) is 24.2 Å². The fourth-order valence-electron chi connectivity index (χ4n) is 1.92. The van der Waals surface area contributed by atoms with Crippen LogP contribution in [0.3, 0.4) is 0 Å². The number of benzene rings is 1. The van der Waals surface area contributed by atoms with Crippen molar-refractivity contribution in [1.29, 1.82) is 0 Å². The van der Waals surface area contributed by atoms with Crippen LogP contribution >= 0.6 is 0 Å². The van der Waals surface area contributed by atoms with Crippen molar-refractivity contribution in [3.8, 4) is 12.3 Å². The fraction of sp³-hybridized carbons (Fsp3) is 0.308. The molecular formula is C13H13NO2. The highest BCUT2D eigenvalue weighted by molar-refractivity contribution is 5.95. The second kappa shape index (κ2) is 4.38. The Balaban J connectivity index is 2.25. The number of aliphatic hydroxyl groups is 1. The molecule has 0 bridgehead atoms. The summed E-state index contributed by atoms with van der Waals surface area (Å²) in [5.74, 6) is 2.64. The summed E-state index contributed by atoms with van der Waals surface area (Å²) in [5, 5.41) is 9.04. The van der Waals surface area contributed by atoms with Gasteiger partial charge in [-0.1, -0.05) is 12.0 Å². The first-order valence-electron chi connectivity index (χ1n) is 5.22. The maximum Gasteiger partial charge on any atom is 0.227 e. The first-order valence-corrected chi connectivity index (χ1v) is 5.22. The van der Waals surface area contributed by atoms with E-state index in [4.69, 9.17) is 11.5 Å². The number of hydrogen-bond donors (Lipinski definition) is 1. The zero-order valence-electron chi connectivity index (χ0n) is 8.89. The predicted molar refractivity (Wildman–Crippen MR) is 61.9 cm³/mol. The molecule has 1 aromatic carbocycles. The van der Waals surface area contributed by atoms with Crippen LogP contribution in [0, 0.1) is 18.3 Å². The highest BCUT2D eigenvalue weighted by atomic mass is 16.3. The van der Waals surface area contributed by atoms with Gasteiger partial charge in [0.15, 0.2) is 0 Å². The monoisotopic (exact) mass is 215 g/mol. The van der Waals surface area contributed by atoms with Crippen LogP contribution in [0.5, 0.6) is 0 Å². The molecule has 1 amide bonds. The third kappa shape index (κ3) is 1.93. The number of carbonyl (C=O) groups excluding carboxylic acids is 1. The molecule has 1 aromatic rings. The third-order valence-corrected chi connectivity index (χ3v) is 2.79. The molecule has 0 aliphatic carbocycles. The van der Waals surface area contributed by atoms with E-state index in [1.807, 2.05) is 24.3 Å². The molecule has 16 heavy (non-hydrogen) atoms. The lowest BCUT2D eigenvalue weighted by molar-refractivity contribution is -0.117. The number of aliphatic hydroxyl groups excluding tert-OH is 1. The summed E-state index contributed by atoms with van der Waals surface area (Å²) in [4.78, 5) is 13.4. The standard InChI is InChI=1S/C13H13NO2/c1-2-10-4-3-5-12(6-10)14-8-11(9-15)7-13(14)16/h1,3-6,11,15H,7-9H2. The summed E-state index contributed by atoms with van der Waals surface area (Å²) in [6, 6.07) is 7.34. The minimum atomic E-state index is 0.0435. The van der Waals surface area contributed by atoms with Crippen molar-refractivity contribution in [2.45, 2.75) is 6.42 Å². The molecule has 1 fully saturated rings. The van der Waals surface area contributed by atoms with E-state index in [2.05, 4.69) is 5.92 Å². The Morgan fingerprint density at radius 1 is 1.56 bits per heavy atom. The van der Waals surface area contributed by atoms with Gasteiger partial charge in [-0.2, -0.15) is 0 Å². The SMILES string of the molecule is C#Cc1cccc(N2CC(CO)CC2=O)c1. The Kier molecular flexibility index (Phi) is 2.93. The average Bonchev–Trinajstić information content (AvgIpc) is 2.71. The smallest absolute Gasteiger partial charge is 0.227 e. The van der Waals surface area contributed by atoms with Crippen molar-refractivity contribution >= 4 is 11.6 Å². The zero-order chi connectivity index (χ0) is 11.5. The molecule has 1 aliphatic heterocycles. The molecule has 0 saturated carbocycles. The van der Waals surface area contributed by atoms with Gasteiger partial charge >= 0.3 is 0 Å². The van der Waals surface area contributed by atoms with Crippen molar-refractivity contribution in [2.24, 2.45) is 5.92 Å². The van der Waals surface area contributed by atoms with Crippen LogP contribution in [0.25, 0.3) is 0 Å². The van der Waals surface area contributed by atoms with Crippen molar-refractivity contribution in [3.05, 3.63) is 29.8 Å². The van der Waals surface area contributed by atoms with Gasteiger partial charge in [-0.05, 0) is 18.2 Å². The van der Waals surface area contributed by atoms with Gasteiger partial charge in [-0.25, -0.2) is 0 Å². The van der Waals surface area contributed by atoms with Gasteiger partial charge in [0.2, 0.25) is 5.91 Å². The number of nitrogens with zero attached hydrogens (tertiary/aromatic N) is 1. The molecule has 82 valence electrons. The maximum absolute atomic E-state index is 11.7. The minimum Gasteiger partial charge on any atom is -0.396 e. The Bertz CT molecular complexity index is 447. The molecule has 0 radical (unpaired) electrons. The number of anilines is 1. The zero-order valence-corrected chi connectivity index (χ0v) is 8.89. The van der Waals surface area contributed by atoms with Crippen LogP contribution < -0.4 is 4.90 Å². The first-order chi connectivity index (χ1) is 7.74. The van der Waals surface area contributed by atoms with E-state index in [1.54, 1.807) is 4.90 Å². The Hall–Kier alpha value is -1.79. The highest BCUT2D eigenvalue weighted by Gasteiger charge is 2.29. The summed E-state index contributed by atoms with van der Waals surface area (Å²) in [5.41, 5.74) is 1.58. The van der Waals surface area contributed by atoms with E-state index in [-0.39, 0.29) is 18.4 Å². The summed E-state index contributed by atoms with van der Waals surface area (Å²) in [7, 11) is 0. The van der Waals surface area contributed by atoms with Gasteiger partial charge in [0, 0.05) is 36.7 Å².